The SMILES string of the molecule is CCCCn1ccc(=O)n(-c2ccccc2)c1=O. The van der Waals surface area contributed by atoms with Gasteiger partial charge in [0.05, 0.1) is 5.69 Å². The summed E-state index contributed by atoms with van der Waals surface area (Å²) in [5.41, 5.74) is 0.0412. The van der Waals surface area contributed by atoms with E-state index in [0.29, 0.717) is 12.2 Å². The lowest BCUT2D eigenvalue weighted by atomic mass is 10.3. The Morgan fingerprint density at radius 1 is 1.06 bits per heavy atom. The molecular weight excluding hydrogens is 228 g/mol. The van der Waals surface area contributed by atoms with Crippen LogP contribution in [0.15, 0.2) is 52.2 Å². The summed E-state index contributed by atoms with van der Waals surface area (Å²) in [7, 11) is 0. The minimum absolute atomic E-state index is 0.276. The molecule has 0 bridgehead atoms. The van der Waals surface area contributed by atoms with E-state index in [-0.39, 0.29) is 11.2 Å². The molecular formula is C14H16N2O2. The molecule has 0 aliphatic heterocycles. The van der Waals surface area contributed by atoms with Gasteiger partial charge in [0.15, 0.2) is 0 Å². The van der Waals surface area contributed by atoms with Crippen LogP contribution in [0.25, 0.3) is 5.69 Å². The number of hydrogen-bond donors (Lipinski definition) is 0. The van der Waals surface area contributed by atoms with Gasteiger partial charge in [0.2, 0.25) is 0 Å². The molecule has 0 amide bonds. The Morgan fingerprint density at radius 2 is 1.78 bits per heavy atom. The molecule has 18 heavy (non-hydrogen) atoms. The van der Waals surface area contributed by atoms with Gasteiger partial charge >= 0.3 is 5.69 Å². The Morgan fingerprint density at radius 3 is 2.44 bits per heavy atom. The molecule has 0 unspecified atom stereocenters. The second kappa shape index (κ2) is 5.49. The smallest absolute Gasteiger partial charge is 0.300 e. The van der Waals surface area contributed by atoms with E-state index in [1.807, 2.05) is 18.2 Å². The van der Waals surface area contributed by atoms with Crippen molar-refractivity contribution in [1.29, 1.82) is 0 Å². The first kappa shape index (κ1) is 12.4. The van der Waals surface area contributed by atoms with Crippen LogP contribution < -0.4 is 11.2 Å². The molecule has 0 fully saturated rings. The molecule has 0 aliphatic carbocycles. The van der Waals surface area contributed by atoms with E-state index in [1.54, 1.807) is 22.9 Å². The molecule has 4 nitrogen and oxygen atoms in total. The molecule has 1 heterocycles. The molecule has 4 heteroatoms. The summed E-state index contributed by atoms with van der Waals surface area (Å²) in [5, 5.41) is 0. The summed E-state index contributed by atoms with van der Waals surface area (Å²) in [6, 6.07) is 10.4. The summed E-state index contributed by atoms with van der Waals surface area (Å²) >= 11 is 0. The van der Waals surface area contributed by atoms with Crippen LogP contribution in [0.2, 0.25) is 0 Å². The van der Waals surface area contributed by atoms with Crippen molar-refractivity contribution in [3.05, 3.63) is 63.4 Å². The van der Waals surface area contributed by atoms with Gasteiger partial charge in [0.1, 0.15) is 0 Å². The van der Waals surface area contributed by atoms with E-state index >= 15 is 0 Å². The minimum atomic E-state index is -0.293. The molecule has 2 rings (SSSR count). The molecule has 0 spiro atoms. The third-order valence-corrected chi connectivity index (χ3v) is 2.82. The average Bonchev–Trinajstić information content (AvgIpc) is 2.39. The molecule has 94 valence electrons. The van der Waals surface area contributed by atoms with Crippen molar-refractivity contribution in [2.75, 3.05) is 0 Å². The summed E-state index contributed by atoms with van der Waals surface area (Å²) in [6.07, 6.45) is 3.50. The summed E-state index contributed by atoms with van der Waals surface area (Å²) in [6.45, 7) is 2.71. The standard InChI is InChI=1S/C14H16N2O2/c1-2-3-10-15-11-9-13(17)16(14(15)18)12-7-5-4-6-8-12/h4-9,11H,2-3,10H2,1H3. The minimum Gasteiger partial charge on any atom is -0.300 e. The van der Waals surface area contributed by atoms with Crippen LogP contribution in [0.3, 0.4) is 0 Å². The second-order valence-corrected chi connectivity index (χ2v) is 4.15. The highest BCUT2D eigenvalue weighted by molar-refractivity contribution is 5.30. The molecule has 2 aromatic rings. The van der Waals surface area contributed by atoms with Crippen molar-refractivity contribution in [2.24, 2.45) is 0 Å². The first-order valence-corrected chi connectivity index (χ1v) is 6.12. The first-order valence-electron chi connectivity index (χ1n) is 6.12. The van der Waals surface area contributed by atoms with Crippen molar-refractivity contribution >= 4 is 0 Å². The monoisotopic (exact) mass is 244 g/mol. The zero-order valence-electron chi connectivity index (χ0n) is 10.4. The molecule has 0 saturated heterocycles. The van der Waals surface area contributed by atoms with Crippen molar-refractivity contribution in [3.8, 4) is 5.69 Å². The summed E-state index contributed by atoms with van der Waals surface area (Å²) in [5.74, 6) is 0. The number of nitrogens with zero attached hydrogens (tertiary/aromatic N) is 2. The van der Waals surface area contributed by atoms with Crippen LogP contribution in [-0.4, -0.2) is 9.13 Å². The van der Waals surface area contributed by atoms with Gasteiger partial charge < -0.3 is 4.57 Å². The van der Waals surface area contributed by atoms with E-state index in [4.69, 9.17) is 0 Å². The van der Waals surface area contributed by atoms with E-state index in [0.717, 1.165) is 12.8 Å². The number of rotatable bonds is 4. The Bertz CT molecular complexity index is 626. The predicted octanol–water partition coefficient (Wildman–Crippen LogP) is 1.80. The van der Waals surface area contributed by atoms with Crippen molar-refractivity contribution in [1.82, 2.24) is 9.13 Å². The number of benzene rings is 1. The van der Waals surface area contributed by atoms with Crippen molar-refractivity contribution < 1.29 is 0 Å². The molecule has 1 aromatic carbocycles. The maximum Gasteiger partial charge on any atom is 0.335 e. The largest absolute Gasteiger partial charge is 0.335 e. The number of aromatic nitrogens is 2. The van der Waals surface area contributed by atoms with Gasteiger partial charge in [-0.05, 0) is 18.6 Å². The maximum absolute atomic E-state index is 12.2. The van der Waals surface area contributed by atoms with Gasteiger partial charge in [-0.1, -0.05) is 31.5 Å². The van der Waals surface area contributed by atoms with Crippen LogP contribution in [-0.2, 0) is 6.54 Å². The predicted molar refractivity (Wildman–Crippen MR) is 71.2 cm³/mol. The lowest BCUT2D eigenvalue weighted by molar-refractivity contribution is 0.581. The Kier molecular flexibility index (Phi) is 3.77. The molecule has 0 saturated carbocycles. The Labute approximate surface area is 105 Å². The Hall–Kier alpha value is -2.10. The van der Waals surface area contributed by atoms with E-state index in [1.165, 1.54) is 10.6 Å². The fourth-order valence-corrected chi connectivity index (χ4v) is 1.83. The van der Waals surface area contributed by atoms with E-state index in [9.17, 15) is 9.59 Å². The normalized spacial score (nSPS) is 10.5. The topological polar surface area (TPSA) is 44.0 Å². The van der Waals surface area contributed by atoms with Crippen LogP contribution in [0.5, 0.6) is 0 Å². The number of aryl methyl sites for hydroxylation is 1. The third kappa shape index (κ3) is 2.42. The third-order valence-electron chi connectivity index (χ3n) is 2.82. The average molecular weight is 244 g/mol. The highest BCUT2D eigenvalue weighted by atomic mass is 16.2. The highest BCUT2D eigenvalue weighted by Crippen LogP contribution is 2.00. The number of hydrogen-bond acceptors (Lipinski definition) is 2. The first-order chi connectivity index (χ1) is 8.74. The molecule has 0 N–H and O–H groups in total. The van der Waals surface area contributed by atoms with Crippen molar-refractivity contribution in [2.45, 2.75) is 26.3 Å². The lowest BCUT2D eigenvalue weighted by Crippen LogP contribution is -2.37. The zero-order valence-corrected chi connectivity index (χ0v) is 10.4. The van der Waals surface area contributed by atoms with Gasteiger partial charge in [0, 0.05) is 18.8 Å². The number of unbranched alkanes of at least 4 members (excludes halogenated alkanes) is 1. The van der Waals surface area contributed by atoms with Gasteiger partial charge in [-0.3, -0.25) is 4.79 Å². The fourth-order valence-electron chi connectivity index (χ4n) is 1.83. The Balaban J connectivity index is 2.54. The highest BCUT2D eigenvalue weighted by Gasteiger charge is 2.06. The molecule has 1 aromatic heterocycles. The second-order valence-electron chi connectivity index (χ2n) is 4.15. The molecule has 0 atom stereocenters. The molecule has 0 aliphatic rings. The van der Waals surface area contributed by atoms with Gasteiger partial charge in [-0.15, -0.1) is 0 Å². The van der Waals surface area contributed by atoms with Gasteiger partial charge in [-0.2, -0.15) is 0 Å². The van der Waals surface area contributed by atoms with Crippen LogP contribution in [0.4, 0.5) is 0 Å². The maximum atomic E-state index is 12.2. The van der Waals surface area contributed by atoms with Gasteiger partial charge in [0.25, 0.3) is 5.56 Å². The van der Waals surface area contributed by atoms with E-state index in [2.05, 4.69) is 6.92 Å². The fraction of sp³-hybridized carbons (Fsp3) is 0.286. The lowest BCUT2D eigenvalue weighted by Gasteiger charge is -2.09. The van der Waals surface area contributed by atoms with Crippen LogP contribution in [0.1, 0.15) is 19.8 Å². The van der Waals surface area contributed by atoms with Gasteiger partial charge in [-0.25, -0.2) is 9.36 Å². The summed E-state index contributed by atoms with van der Waals surface area (Å²) < 4.78 is 2.79. The molecule has 0 radical (unpaired) electrons. The van der Waals surface area contributed by atoms with Crippen molar-refractivity contribution in [3.63, 3.8) is 0 Å². The van der Waals surface area contributed by atoms with E-state index < -0.39 is 0 Å². The van der Waals surface area contributed by atoms with Crippen LogP contribution >= 0.6 is 0 Å². The summed E-state index contributed by atoms with van der Waals surface area (Å²) in [4.78, 5) is 24.0. The quantitative estimate of drug-likeness (QED) is 0.823. The zero-order chi connectivity index (χ0) is 13.0. The number of para-hydroxylation sites is 1. The van der Waals surface area contributed by atoms with Crippen LogP contribution in [0, 0.1) is 0 Å².